The third-order valence-corrected chi connectivity index (χ3v) is 4.64. The summed E-state index contributed by atoms with van der Waals surface area (Å²) in [6.07, 6.45) is 4.96. The zero-order valence-electron chi connectivity index (χ0n) is 11.4. The number of nitrogens with one attached hydrogen (secondary N) is 1. The predicted octanol–water partition coefficient (Wildman–Crippen LogP) is 2.76. The van der Waals surface area contributed by atoms with E-state index in [4.69, 9.17) is 0 Å². The van der Waals surface area contributed by atoms with Gasteiger partial charge in [-0.2, -0.15) is 0 Å². The van der Waals surface area contributed by atoms with E-state index in [2.05, 4.69) is 16.3 Å². The second-order valence-electron chi connectivity index (χ2n) is 5.87. The van der Waals surface area contributed by atoms with Crippen molar-refractivity contribution >= 4 is 0 Å². The van der Waals surface area contributed by atoms with Crippen molar-refractivity contribution in [1.29, 1.82) is 0 Å². The third kappa shape index (κ3) is 3.15. The normalized spacial score (nSPS) is 26.5. The van der Waals surface area contributed by atoms with Crippen LogP contribution < -0.4 is 5.32 Å². The predicted molar refractivity (Wildman–Crippen MR) is 75.8 cm³/mol. The summed E-state index contributed by atoms with van der Waals surface area (Å²) in [5.74, 6) is 0.444. The van der Waals surface area contributed by atoms with Crippen molar-refractivity contribution in [3.8, 4) is 0 Å². The smallest absolute Gasteiger partial charge is 0.123 e. The molecule has 0 amide bonds. The molecule has 0 radical (unpaired) electrons. The molecule has 0 spiro atoms. The number of piperidine rings is 2. The van der Waals surface area contributed by atoms with Crippen LogP contribution in [0.25, 0.3) is 0 Å². The van der Waals surface area contributed by atoms with Gasteiger partial charge in [-0.1, -0.05) is 12.1 Å². The molecule has 0 aliphatic carbocycles. The summed E-state index contributed by atoms with van der Waals surface area (Å²) in [5, 5.41) is 3.49. The van der Waals surface area contributed by atoms with Crippen LogP contribution in [0.4, 0.5) is 4.39 Å². The van der Waals surface area contributed by atoms with Crippen molar-refractivity contribution in [3.05, 3.63) is 35.6 Å². The quantitative estimate of drug-likeness (QED) is 0.881. The molecule has 3 rings (SSSR count). The van der Waals surface area contributed by atoms with Crippen molar-refractivity contribution < 1.29 is 4.39 Å². The minimum absolute atomic E-state index is 0.101. The Bertz CT molecular complexity index is 407. The van der Waals surface area contributed by atoms with Crippen LogP contribution in [0.15, 0.2) is 24.3 Å². The Balaban J connectivity index is 1.57. The fourth-order valence-corrected chi connectivity index (χ4v) is 3.50. The molecule has 0 bridgehead atoms. The molecule has 2 fully saturated rings. The van der Waals surface area contributed by atoms with Gasteiger partial charge in [-0.05, 0) is 68.9 Å². The van der Waals surface area contributed by atoms with Crippen molar-refractivity contribution in [2.75, 3.05) is 26.2 Å². The molecule has 19 heavy (non-hydrogen) atoms. The van der Waals surface area contributed by atoms with Crippen molar-refractivity contribution in [2.24, 2.45) is 0 Å². The van der Waals surface area contributed by atoms with Crippen molar-refractivity contribution in [1.82, 2.24) is 10.2 Å². The zero-order chi connectivity index (χ0) is 13.1. The van der Waals surface area contributed by atoms with Gasteiger partial charge in [0, 0.05) is 12.6 Å². The molecule has 2 aliphatic rings. The lowest BCUT2D eigenvalue weighted by Crippen LogP contribution is -2.48. The molecule has 1 unspecified atom stereocenters. The minimum atomic E-state index is -0.101. The molecule has 1 aromatic carbocycles. The van der Waals surface area contributed by atoms with E-state index in [9.17, 15) is 4.39 Å². The lowest BCUT2D eigenvalue weighted by atomic mass is 9.88. The number of nitrogens with zero attached hydrogens (tertiary/aromatic N) is 1. The first-order chi connectivity index (χ1) is 9.33. The summed E-state index contributed by atoms with van der Waals surface area (Å²) in [7, 11) is 0. The molecule has 2 aliphatic heterocycles. The van der Waals surface area contributed by atoms with Gasteiger partial charge in [0.1, 0.15) is 5.82 Å². The van der Waals surface area contributed by atoms with Gasteiger partial charge in [0.2, 0.25) is 0 Å². The molecule has 3 heteroatoms. The van der Waals surface area contributed by atoms with E-state index < -0.39 is 0 Å². The third-order valence-electron chi connectivity index (χ3n) is 4.64. The van der Waals surface area contributed by atoms with Crippen LogP contribution >= 0.6 is 0 Å². The van der Waals surface area contributed by atoms with Gasteiger partial charge in [0.25, 0.3) is 0 Å². The Labute approximate surface area is 115 Å². The monoisotopic (exact) mass is 262 g/mol. The lowest BCUT2D eigenvalue weighted by molar-refractivity contribution is 0.130. The summed E-state index contributed by atoms with van der Waals surface area (Å²) in [4.78, 5) is 2.63. The van der Waals surface area contributed by atoms with Gasteiger partial charge in [0.05, 0.1) is 0 Å². The molecule has 1 atom stereocenters. The maximum Gasteiger partial charge on any atom is 0.123 e. The number of benzene rings is 1. The van der Waals surface area contributed by atoms with Crippen LogP contribution in [0.3, 0.4) is 0 Å². The standard InChI is InChI=1S/C16H23FN2/c17-15-4-1-3-14(11-15)13-6-9-19(10-7-13)16-5-2-8-18-12-16/h1,3-4,11,13,16,18H,2,5-10,12H2. The molecule has 2 nitrogen and oxygen atoms in total. The number of likely N-dealkylation sites (tertiary alicyclic amines) is 1. The Hall–Kier alpha value is -0.930. The van der Waals surface area contributed by atoms with Crippen LogP contribution in [-0.4, -0.2) is 37.1 Å². The molecule has 0 saturated carbocycles. The largest absolute Gasteiger partial charge is 0.315 e. The highest BCUT2D eigenvalue weighted by atomic mass is 19.1. The number of halogens is 1. The van der Waals surface area contributed by atoms with E-state index in [1.165, 1.54) is 43.9 Å². The number of rotatable bonds is 2. The van der Waals surface area contributed by atoms with Gasteiger partial charge >= 0.3 is 0 Å². The summed E-state index contributed by atoms with van der Waals surface area (Å²) in [6, 6.07) is 7.88. The Morgan fingerprint density at radius 3 is 2.68 bits per heavy atom. The molecule has 104 valence electrons. The zero-order valence-corrected chi connectivity index (χ0v) is 11.4. The number of hydrogen-bond acceptors (Lipinski definition) is 2. The first-order valence-corrected chi connectivity index (χ1v) is 7.53. The van der Waals surface area contributed by atoms with Crippen molar-refractivity contribution in [2.45, 2.75) is 37.6 Å². The Morgan fingerprint density at radius 1 is 1.16 bits per heavy atom. The molecule has 2 heterocycles. The van der Waals surface area contributed by atoms with Gasteiger partial charge in [-0.3, -0.25) is 4.90 Å². The summed E-state index contributed by atoms with van der Waals surface area (Å²) in [5.41, 5.74) is 1.18. The second kappa shape index (κ2) is 6.02. The van der Waals surface area contributed by atoms with Gasteiger partial charge in [-0.25, -0.2) is 4.39 Å². The first kappa shape index (κ1) is 13.1. The van der Waals surface area contributed by atoms with E-state index in [1.807, 2.05) is 6.07 Å². The summed E-state index contributed by atoms with van der Waals surface area (Å²) < 4.78 is 13.3. The van der Waals surface area contributed by atoms with E-state index in [1.54, 1.807) is 6.07 Å². The number of hydrogen-bond donors (Lipinski definition) is 1. The van der Waals surface area contributed by atoms with Crippen LogP contribution in [0, 0.1) is 5.82 Å². The summed E-state index contributed by atoms with van der Waals surface area (Å²) >= 11 is 0. The van der Waals surface area contributed by atoms with E-state index in [0.29, 0.717) is 5.92 Å². The molecule has 0 aromatic heterocycles. The fraction of sp³-hybridized carbons (Fsp3) is 0.625. The molecule has 1 aromatic rings. The first-order valence-electron chi connectivity index (χ1n) is 7.53. The van der Waals surface area contributed by atoms with Crippen LogP contribution in [0.5, 0.6) is 0 Å². The van der Waals surface area contributed by atoms with Crippen LogP contribution in [0.1, 0.15) is 37.2 Å². The van der Waals surface area contributed by atoms with E-state index >= 15 is 0 Å². The highest BCUT2D eigenvalue weighted by molar-refractivity contribution is 5.21. The Morgan fingerprint density at radius 2 is 2.00 bits per heavy atom. The average Bonchev–Trinajstić information content (AvgIpc) is 2.48. The molecule has 1 N–H and O–H groups in total. The minimum Gasteiger partial charge on any atom is -0.315 e. The molecule has 2 saturated heterocycles. The molecular weight excluding hydrogens is 239 g/mol. The van der Waals surface area contributed by atoms with Crippen LogP contribution in [-0.2, 0) is 0 Å². The van der Waals surface area contributed by atoms with Crippen molar-refractivity contribution in [3.63, 3.8) is 0 Å². The van der Waals surface area contributed by atoms with E-state index in [0.717, 1.165) is 25.7 Å². The average molecular weight is 262 g/mol. The summed E-state index contributed by atoms with van der Waals surface area (Å²) in [6.45, 7) is 4.64. The highest BCUT2D eigenvalue weighted by Crippen LogP contribution is 2.29. The van der Waals surface area contributed by atoms with Gasteiger partial charge in [-0.15, -0.1) is 0 Å². The van der Waals surface area contributed by atoms with Gasteiger partial charge < -0.3 is 5.32 Å². The molecular formula is C16H23FN2. The highest BCUT2D eigenvalue weighted by Gasteiger charge is 2.26. The maximum absolute atomic E-state index is 13.3. The maximum atomic E-state index is 13.3. The van der Waals surface area contributed by atoms with Crippen LogP contribution in [0.2, 0.25) is 0 Å². The van der Waals surface area contributed by atoms with E-state index in [-0.39, 0.29) is 5.82 Å². The Kier molecular flexibility index (Phi) is 4.14. The fourth-order valence-electron chi connectivity index (χ4n) is 3.50. The van der Waals surface area contributed by atoms with Gasteiger partial charge in [0.15, 0.2) is 0 Å². The SMILES string of the molecule is Fc1cccc(C2CCN(C3CCCNC3)CC2)c1. The second-order valence-corrected chi connectivity index (χ2v) is 5.87. The lowest BCUT2D eigenvalue weighted by Gasteiger charge is -2.39. The topological polar surface area (TPSA) is 15.3 Å².